The molecular formula is C17H24N2O3S. The van der Waals surface area contributed by atoms with Gasteiger partial charge in [-0.3, -0.25) is 9.69 Å². The summed E-state index contributed by atoms with van der Waals surface area (Å²) in [5.41, 5.74) is 0. The fourth-order valence-electron chi connectivity index (χ4n) is 3.36. The molecule has 3 rings (SSSR count). The van der Waals surface area contributed by atoms with Crippen LogP contribution in [0.15, 0.2) is 17.5 Å². The van der Waals surface area contributed by atoms with Crippen molar-refractivity contribution in [2.24, 2.45) is 5.92 Å². The van der Waals surface area contributed by atoms with Crippen molar-refractivity contribution in [3.05, 3.63) is 17.5 Å². The van der Waals surface area contributed by atoms with Gasteiger partial charge in [-0.05, 0) is 29.9 Å². The highest BCUT2D eigenvalue weighted by Gasteiger charge is 2.32. The lowest BCUT2D eigenvalue weighted by Crippen LogP contribution is -2.34. The zero-order valence-corrected chi connectivity index (χ0v) is 14.1. The highest BCUT2D eigenvalue weighted by molar-refractivity contribution is 7.14. The van der Waals surface area contributed by atoms with Crippen LogP contribution in [0, 0.1) is 5.92 Å². The molecule has 0 spiro atoms. The van der Waals surface area contributed by atoms with Crippen molar-refractivity contribution in [2.75, 3.05) is 18.0 Å². The first-order valence-electron chi connectivity index (χ1n) is 8.51. The molecule has 1 aromatic heterocycles. The Balaban J connectivity index is 1.37. The third kappa shape index (κ3) is 4.47. The van der Waals surface area contributed by atoms with Crippen molar-refractivity contribution in [3.8, 4) is 0 Å². The average Bonchev–Trinajstić information content (AvgIpc) is 3.21. The summed E-state index contributed by atoms with van der Waals surface area (Å²) in [6.07, 6.45) is 7.48. The number of amides is 2. The summed E-state index contributed by atoms with van der Waals surface area (Å²) < 4.78 is 5.32. The van der Waals surface area contributed by atoms with Crippen molar-refractivity contribution in [2.45, 2.75) is 51.0 Å². The van der Waals surface area contributed by atoms with E-state index in [1.165, 1.54) is 43.4 Å². The van der Waals surface area contributed by atoms with Crippen LogP contribution in [-0.2, 0) is 9.53 Å². The zero-order valence-electron chi connectivity index (χ0n) is 13.3. The Kier molecular flexibility index (Phi) is 5.54. The maximum Gasteiger partial charge on any atom is 0.415 e. The van der Waals surface area contributed by atoms with E-state index < -0.39 is 0 Å². The van der Waals surface area contributed by atoms with Crippen molar-refractivity contribution in [1.82, 2.24) is 5.32 Å². The minimum atomic E-state index is -0.325. The third-order valence-electron chi connectivity index (χ3n) is 4.68. The van der Waals surface area contributed by atoms with Gasteiger partial charge in [0.15, 0.2) is 0 Å². The van der Waals surface area contributed by atoms with Crippen molar-refractivity contribution >= 4 is 28.3 Å². The van der Waals surface area contributed by atoms with Gasteiger partial charge in [-0.1, -0.05) is 32.1 Å². The van der Waals surface area contributed by atoms with Gasteiger partial charge in [-0.15, -0.1) is 11.3 Å². The number of hydrogen-bond acceptors (Lipinski definition) is 4. The first-order valence-corrected chi connectivity index (χ1v) is 9.38. The second-order valence-electron chi connectivity index (χ2n) is 6.41. The number of cyclic esters (lactones) is 1. The van der Waals surface area contributed by atoms with E-state index >= 15 is 0 Å². The van der Waals surface area contributed by atoms with Crippen LogP contribution in [-0.4, -0.2) is 31.2 Å². The number of hydrogen-bond donors (Lipinski definition) is 1. The minimum absolute atomic E-state index is 0.0706. The van der Waals surface area contributed by atoms with E-state index in [2.05, 4.69) is 5.32 Å². The number of carbonyl (C=O) groups is 2. The van der Waals surface area contributed by atoms with Crippen LogP contribution in [0.2, 0.25) is 0 Å². The summed E-state index contributed by atoms with van der Waals surface area (Å²) >= 11 is 1.51. The van der Waals surface area contributed by atoms with Gasteiger partial charge < -0.3 is 10.1 Å². The Hall–Kier alpha value is -1.56. The van der Waals surface area contributed by atoms with Gasteiger partial charge in [0.05, 0.1) is 13.1 Å². The molecule has 5 nitrogen and oxygen atoms in total. The van der Waals surface area contributed by atoms with Crippen molar-refractivity contribution in [1.29, 1.82) is 0 Å². The molecule has 1 saturated carbocycles. The molecule has 0 radical (unpaired) electrons. The van der Waals surface area contributed by atoms with E-state index in [4.69, 9.17) is 4.74 Å². The van der Waals surface area contributed by atoms with Gasteiger partial charge in [0, 0.05) is 6.42 Å². The number of anilines is 1. The van der Waals surface area contributed by atoms with E-state index in [1.807, 2.05) is 17.5 Å². The number of nitrogens with zero attached hydrogens (tertiary/aromatic N) is 1. The Morgan fingerprint density at radius 3 is 2.91 bits per heavy atom. The molecule has 0 bridgehead atoms. The minimum Gasteiger partial charge on any atom is -0.442 e. The fourth-order valence-corrected chi connectivity index (χ4v) is 4.09. The smallest absolute Gasteiger partial charge is 0.415 e. The largest absolute Gasteiger partial charge is 0.442 e. The maximum absolute atomic E-state index is 12.0. The maximum atomic E-state index is 12.0. The molecule has 6 heteroatoms. The van der Waals surface area contributed by atoms with E-state index in [0.717, 1.165) is 11.4 Å². The van der Waals surface area contributed by atoms with Crippen LogP contribution >= 0.6 is 11.3 Å². The predicted molar refractivity (Wildman–Crippen MR) is 90.8 cm³/mol. The summed E-state index contributed by atoms with van der Waals surface area (Å²) in [4.78, 5) is 25.5. The van der Waals surface area contributed by atoms with Crippen LogP contribution in [0.1, 0.15) is 44.9 Å². The topological polar surface area (TPSA) is 58.6 Å². The molecule has 126 valence electrons. The van der Waals surface area contributed by atoms with Gasteiger partial charge in [0.2, 0.25) is 5.91 Å². The lowest BCUT2D eigenvalue weighted by molar-refractivity contribution is -0.121. The first-order chi connectivity index (χ1) is 11.2. The Morgan fingerprint density at radius 1 is 1.35 bits per heavy atom. The molecule has 1 saturated heterocycles. The van der Waals surface area contributed by atoms with Gasteiger partial charge in [-0.2, -0.15) is 0 Å². The number of thiophene rings is 1. The molecule has 1 aliphatic heterocycles. The lowest BCUT2D eigenvalue weighted by Gasteiger charge is -2.21. The lowest BCUT2D eigenvalue weighted by atomic mass is 9.86. The third-order valence-corrected chi connectivity index (χ3v) is 5.57. The van der Waals surface area contributed by atoms with Crippen LogP contribution < -0.4 is 10.2 Å². The normalized spacial score (nSPS) is 22.2. The molecule has 0 aromatic carbocycles. The van der Waals surface area contributed by atoms with E-state index in [0.29, 0.717) is 25.4 Å². The van der Waals surface area contributed by atoms with Crippen LogP contribution in [0.5, 0.6) is 0 Å². The molecule has 23 heavy (non-hydrogen) atoms. The molecule has 2 amide bonds. The Morgan fingerprint density at radius 2 is 2.17 bits per heavy atom. The van der Waals surface area contributed by atoms with E-state index in [-0.39, 0.29) is 18.1 Å². The molecule has 1 N–H and O–H groups in total. The molecule has 1 atom stereocenters. The Labute approximate surface area is 141 Å². The fraction of sp³-hybridized carbons (Fsp3) is 0.647. The molecule has 1 aliphatic carbocycles. The number of nitrogens with one attached hydrogen (secondary N) is 1. The molecule has 1 unspecified atom stereocenters. The second kappa shape index (κ2) is 7.81. The molecular weight excluding hydrogens is 312 g/mol. The second-order valence-corrected chi connectivity index (χ2v) is 7.34. The molecule has 2 aliphatic rings. The highest BCUT2D eigenvalue weighted by Crippen LogP contribution is 2.27. The average molecular weight is 336 g/mol. The summed E-state index contributed by atoms with van der Waals surface area (Å²) in [6.45, 7) is 0.902. The first kappa shape index (κ1) is 16.3. The molecule has 2 fully saturated rings. The molecule has 2 heterocycles. The van der Waals surface area contributed by atoms with Gasteiger partial charge in [-0.25, -0.2) is 4.79 Å². The standard InChI is InChI=1S/C17H24N2O3S/c20-15(9-8-13-5-2-1-3-6-13)18-11-14-12-19(17(21)22-14)16-7-4-10-23-16/h4,7,10,13-14H,1-3,5-6,8-9,11-12H2,(H,18,20). The van der Waals surface area contributed by atoms with Crippen LogP contribution in [0.25, 0.3) is 0 Å². The number of rotatable bonds is 6. The summed E-state index contributed by atoms with van der Waals surface area (Å²) in [5.74, 6) is 0.786. The van der Waals surface area contributed by atoms with Gasteiger partial charge >= 0.3 is 6.09 Å². The van der Waals surface area contributed by atoms with Crippen molar-refractivity contribution < 1.29 is 14.3 Å². The van der Waals surface area contributed by atoms with E-state index in [1.54, 1.807) is 4.90 Å². The quantitative estimate of drug-likeness (QED) is 0.864. The van der Waals surface area contributed by atoms with Crippen LogP contribution in [0.3, 0.4) is 0 Å². The SMILES string of the molecule is O=C(CCC1CCCCC1)NCC1CN(c2cccs2)C(=O)O1. The van der Waals surface area contributed by atoms with Gasteiger partial charge in [0.25, 0.3) is 0 Å². The van der Waals surface area contributed by atoms with Crippen LogP contribution in [0.4, 0.5) is 9.80 Å². The zero-order chi connectivity index (χ0) is 16.1. The van der Waals surface area contributed by atoms with Gasteiger partial charge in [0.1, 0.15) is 11.1 Å². The summed E-state index contributed by atoms with van der Waals surface area (Å²) in [7, 11) is 0. The highest BCUT2D eigenvalue weighted by atomic mass is 32.1. The Bertz CT molecular complexity index is 526. The number of carbonyl (C=O) groups excluding carboxylic acids is 2. The number of ether oxygens (including phenoxy) is 1. The van der Waals surface area contributed by atoms with Crippen molar-refractivity contribution in [3.63, 3.8) is 0 Å². The van der Waals surface area contributed by atoms with E-state index in [9.17, 15) is 9.59 Å². The predicted octanol–water partition coefficient (Wildman–Crippen LogP) is 3.55. The monoisotopic (exact) mass is 336 g/mol. The molecule has 1 aromatic rings. The summed E-state index contributed by atoms with van der Waals surface area (Å²) in [5, 5.41) is 5.73. The summed E-state index contributed by atoms with van der Waals surface area (Å²) in [6, 6.07) is 3.81.